The zero-order chi connectivity index (χ0) is 23.6. The first-order chi connectivity index (χ1) is 15.1. The van der Waals surface area contributed by atoms with Crippen molar-refractivity contribution in [3.63, 3.8) is 0 Å². The van der Waals surface area contributed by atoms with E-state index >= 15 is 0 Å². The Labute approximate surface area is 183 Å². The van der Waals surface area contributed by atoms with Crippen LogP contribution < -0.4 is 9.47 Å². The Balaban J connectivity index is 1.69. The molecule has 0 bridgehead atoms. The van der Waals surface area contributed by atoms with Crippen LogP contribution in [0.15, 0.2) is 18.2 Å². The molecule has 0 radical (unpaired) electrons. The number of benzene rings is 1. The smallest absolute Gasteiger partial charge is 0.229 e. The van der Waals surface area contributed by atoms with Crippen LogP contribution in [0.5, 0.6) is 11.5 Å². The maximum absolute atomic E-state index is 11.6. The molecule has 0 amide bonds. The molecule has 2 aliphatic heterocycles. The van der Waals surface area contributed by atoms with E-state index < -0.39 is 61.9 Å². The van der Waals surface area contributed by atoms with Gasteiger partial charge in [0.1, 0.15) is 36.1 Å². The summed E-state index contributed by atoms with van der Waals surface area (Å²) in [6.45, 7) is -0.138. The molecule has 32 heavy (non-hydrogen) atoms. The molecule has 12 heteroatoms. The number of methoxy groups -OCH3 is 1. The molecule has 2 heterocycles. The van der Waals surface area contributed by atoms with Gasteiger partial charge in [-0.15, -0.1) is 0 Å². The molecule has 1 aromatic rings. The average molecular weight is 460 g/mol. The first kappa shape index (κ1) is 24.8. The number of hydrogen-bond donors (Lipinski definition) is 6. The summed E-state index contributed by atoms with van der Waals surface area (Å²) < 4.78 is 26.9. The van der Waals surface area contributed by atoms with Crippen LogP contribution in [0.25, 0.3) is 0 Å². The predicted molar refractivity (Wildman–Crippen MR) is 104 cm³/mol. The fourth-order valence-electron chi connectivity index (χ4n) is 3.39. The Morgan fingerprint density at radius 1 is 1.12 bits per heavy atom. The number of hydrogen-bond acceptors (Lipinski definition) is 12. The Hall–Kier alpha value is -1.87. The van der Waals surface area contributed by atoms with Crippen molar-refractivity contribution in [3.8, 4) is 11.5 Å². The highest BCUT2D eigenvalue weighted by molar-refractivity contribution is 5.94. The Kier molecular flexibility index (Phi) is 7.70. The summed E-state index contributed by atoms with van der Waals surface area (Å²) in [5, 5.41) is 60.0. The van der Waals surface area contributed by atoms with Gasteiger partial charge in [0.2, 0.25) is 6.29 Å². The highest BCUT2D eigenvalue weighted by Crippen LogP contribution is 2.33. The van der Waals surface area contributed by atoms with Crippen molar-refractivity contribution in [2.45, 2.75) is 55.6 Å². The van der Waals surface area contributed by atoms with E-state index in [2.05, 4.69) is 0 Å². The van der Waals surface area contributed by atoms with Gasteiger partial charge in [-0.3, -0.25) is 4.79 Å². The summed E-state index contributed by atoms with van der Waals surface area (Å²) in [7, 11) is 1.36. The third-order valence-electron chi connectivity index (χ3n) is 5.49. The Morgan fingerprint density at radius 2 is 1.84 bits per heavy atom. The fourth-order valence-corrected chi connectivity index (χ4v) is 3.39. The number of aliphatic hydroxyl groups is 6. The van der Waals surface area contributed by atoms with Gasteiger partial charge in [-0.1, -0.05) is 0 Å². The molecule has 0 aliphatic carbocycles. The summed E-state index contributed by atoms with van der Waals surface area (Å²) in [5.41, 5.74) is -1.51. The normalized spacial score (nSPS) is 37.3. The average Bonchev–Trinajstić information content (AvgIpc) is 3.07. The molecule has 8 atom stereocenters. The van der Waals surface area contributed by atoms with Gasteiger partial charge in [0, 0.05) is 5.56 Å². The van der Waals surface area contributed by atoms with Crippen LogP contribution in [-0.2, 0) is 14.2 Å². The van der Waals surface area contributed by atoms with Crippen LogP contribution in [0, 0.1) is 0 Å². The molecule has 2 saturated heterocycles. The van der Waals surface area contributed by atoms with Crippen LogP contribution in [0.1, 0.15) is 17.3 Å². The van der Waals surface area contributed by atoms with Crippen molar-refractivity contribution in [2.75, 3.05) is 26.9 Å². The molecule has 0 aromatic heterocycles. The van der Waals surface area contributed by atoms with Crippen LogP contribution in [-0.4, -0.2) is 112 Å². The quantitative estimate of drug-likeness (QED) is 0.225. The monoisotopic (exact) mass is 460 g/mol. The lowest BCUT2D eigenvalue weighted by atomic mass is 9.99. The first-order valence-electron chi connectivity index (χ1n) is 9.91. The van der Waals surface area contributed by atoms with Crippen molar-refractivity contribution in [2.24, 2.45) is 0 Å². The van der Waals surface area contributed by atoms with E-state index in [0.717, 1.165) is 0 Å². The van der Waals surface area contributed by atoms with E-state index in [0.29, 0.717) is 5.56 Å². The van der Waals surface area contributed by atoms with Crippen LogP contribution in [0.2, 0.25) is 0 Å². The van der Waals surface area contributed by atoms with Crippen molar-refractivity contribution < 1.29 is 59.1 Å². The largest absolute Gasteiger partial charge is 0.493 e. The molecule has 1 aromatic carbocycles. The minimum atomic E-state index is -1.89. The number of rotatable bonds is 8. The summed E-state index contributed by atoms with van der Waals surface area (Å²) in [5.74, 6) is 0.115. The lowest BCUT2D eigenvalue weighted by Crippen LogP contribution is -2.60. The van der Waals surface area contributed by atoms with Gasteiger partial charge in [0.25, 0.3) is 0 Å². The highest BCUT2D eigenvalue weighted by Gasteiger charge is 2.50. The molecule has 180 valence electrons. The molecule has 0 spiro atoms. The Morgan fingerprint density at radius 3 is 2.44 bits per heavy atom. The number of ether oxygens (including phenoxy) is 5. The number of Topliss-reactive ketones (excluding diaryl/α,β-unsaturated/α-hetero) is 1. The third kappa shape index (κ3) is 4.88. The van der Waals surface area contributed by atoms with Crippen LogP contribution >= 0.6 is 0 Å². The van der Waals surface area contributed by atoms with Gasteiger partial charge >= 0.3 is 0 Å². The standard InChI is InChI=1S/C20H28O12/c1-9(22)10-3-4-11(12(5-10)28-2)31-18-16(25)15(24)14(23)13(32-18)6-29-19-17(26)20(27,7-21)8-30-19/h3-5,13-19,21,23-27H,6-8H2,1-2H3/t13-,14-,15+,16-,17+,18+,19-,20-/m1/s1. The molecular weight excluding hydrogens is 432 g/mol. The van der Waals surface area contributed by atoms with Crippen LogP contribution in [0.3, 0.4) is 0 Å². The maximum Gasteiger partial charge on any atom is 0.229 e. The molecular formula is C20H28O12. The number of ketones is 1. The second-order valence-corrected chi connectivity index (χ2v) is 7.77. The first-order valence-corrected chi connectivity index (χ1v) is 9.91. The summed E-state index contributed by atoms with van der Waals surface area (Å²) in [6.07, 6.45) is -10.4. The zero-order valence-electron chi connectivity index (χ0n) is 17.5. The lowest BCUT2D eigenvalue weighted by molar-refractivity contribution is -0.289. The van der Waals surface area contributed by atoms with Crippen molar-refractivity contribution in [1.29, 1.82) is 0 Å². The van der Waals surface area contributed by atoms with Gasteiger partial charge in [0.05, 0.1) is 26.9 Å². The number of aliphatic hydroxyl groups excluding tert-OH is 5. The molecule has 6 N–H and O–H groups in total. The highest BCUT2D eigenvalue weighted by atomic mass is 16.7. The zero-order valence-corrected chi connectivity index (χ0v) is 17.5. The minimum Gasteiger partial charge on any atom is -0.493 e. The SMILES string of the molecule is COc1cc(C(C)=O)ccc1O[C@H]1O[C@H](CO[C@@H]2OC[C@](O)(CO)[C@H]2O)[C@@H](O)[C@H](O)[C@H]1O. The van der Waals surface area contributed by atoms with E-state index in [9.17, 15) is 35.4 Å². The van der Waals surface area contributed by atoms with E-state index in [1.165, 1.54) is 32.2 Å². The number of carbonyl (C=O) groups excluding carboxylic acids is 1. The maximum atomic E-state index is 11.6. The molecule has 3 rings (SSSR count). The summed E-state index contributed by atoms with van der Waals surface area (Å²) in [4.78, 5) is 11.6. The number of carbonyl (C=O) groups is 1. The van der Waals surface area contributed by atoms with Crippen molar-refractivity contribution in [1.82, 2.24) is 0 Å². The van der Waals surface area contributed by atoms with Crippen molar-refractivity contribution in [3.05, 3.63) is 23.8 Å². The van der Waals surface area contributed by atoms with E-state index in [-0.39, 0.29) is 23.9 Å². The van der Waals surface area contributed by atoms with Gasteiger partial charge in [-0.2, -0.15) is 0 Å². The van der Waals surface area contributed by atoms with E-state index in [1.54, 1.807) is 0 Å². The Bertz CT molecular complexity index is 803. The molecule has 12 nitrogen and oxygen atoms in total. The van der Waals surface area contributed by atoms with Gasteiger partial charge < -0.3 is 54.3 Å². The predicted octanol–water partition coefficient (Wildman–Crippen LogP) is -2.46. The lowest BCUT2D eigenvalue weighted by Gasteiger charge is -2.40. The topological polar surface area (TPSA) is 185 Å². The van der Waals surface area contributed by atoms with Crippen LogP contribution in [0.4, 0.5) is 0 Å². The van der Waals surface area contributed by atoms with Gasteiger partial charge in [0.15, 0.2) is 23.6 Å². The second kappa shape index (κ2) is 9.95. The molecule has 2 aliphatic rings. The third-order valence-corrected chi connectivity index (χ3v) is 5.49. The van der Waals surface area contributed by atoms with E-state index in [4.69, 9.17) is 23.7 Å². The minimum absolute atomic E-state index is 0.118. The summed E-state index contributed by atoms with van der Waals surface area (Å²) >= 11 is 0. The van der Waals surface area contributed by atoms with Crippen molar-refractivity contribution >= 4 is 5.78 Å². The van der Waals surface area contributed by atoms with E-state index in [1.807, 2.05) is 0 Å². The molecule has 2 fully saturated rings. The second-order valence-electron chi connectivity index (χ2n) is 7.77. The summed E-state index contributed by atoms with van der Waals surface area (Å²) in [6, 6.07) is 4.37. The molecule has 0 unspecified atom stereocenters. The fraction of sp³-hybridized carbons (Fsp3) is 0.650. The van der Waals surface area contributed by atoms with Gasteiger partial charge in [-0.05, 0) is 25.1 Å². The van der Waals surface area contributed by atoms with Gasteiger partial charge in [-0.25, -0.2) is 0 Å². The molecule has 0 saturated carbocycles.